The van der Waals surface area contributed by atoms with Crippen LogP contribution in [0.25, 0.3) is 0 Å². The molecule has 4 atom stereocenters. The van der Waals surface area contributed by atoms with Gasteiger partial charge in [-0.1, -0.05) is 6.92 Å². The number of nitrogens with one attached hydrogen (secondary N) is 1. The van der Waals surface area contributed by atoms with Gasteiger partial charge >= 0.3 is 0 Å². The smallest absolute Gasteiger partial charge is 0.226 e. The van der Waals surface area contributed by atoms with Gasteiger partial charge in [0.2, 0.25) is 5.91 Å². The Bertz CT molecular complexity index is 282. The zero-order chi connectivity index (χ0) is 13.2. The van der Waals surface area contributed by atoms with E-state index >= 15 is 0 Å². The van der Waals surface area contributed by atoms with E-state index in [4.69, 9.17) is 27.9 Å². The average molecular weight is 282 g/mol. The Morgan fingerprint density at radius 2 is 1.76 bits per heavy atom. The van der Waals surface area contributed by atoms with Gasteiger partial charge in [0.15, 0.2) is 0 Å². The standard InChI is InChI=1S/C12H21Cl2NO2/c1-7-8(2)17-9(3)10(7)11(16)15-12(4,5-13)6-14/h7-10H,5-6H2,1-4H3,(H,15,16). The predicted molar refractivity (Wildman–Crippen MR) is 70.7 cm³/mol. The summed E-state index contributed by atoms with van der Waals surface area (Å²) in [7, 11) is 0. The van der Waals surface area contributed by atoms with Gasteiger partial charge in [-0.2, -0.15) is 0 Å². The molecule has 1 fully saturated rings. The van der Waals surface area contributed by atoms with Crippen LogP contribution in [0.1, 0.15) is 27.7 Å². The highest BCUT2D eigenvalue weighted by Gasteiger charge is 2.43. The summed E-state index contributed by atoms with van der Waals surface area (Å²) in [4.78, 5) is 12.2. The summed E-state index contributed by atoms with van der Waals surface area (Å²) in [5.41, 5.74) is -0.550. The molecule has 1 aliphatic heterocycles. The zero-order valence-corrected chi connectivity index (χ0v) is 12.3. The number of ether oxygens (including phenoxy) is 1. The molecule has 1 amide bonds. The Morgan fingerprint density at radius 1 is 1.24 bits per heavy atom. The number of carbonyl (C=O) groups excluding carboxylic acids is 1. The fourth-order valence-corrected chi connectivity index (χ4v) is 2.62. The highest BCUT2D eigenvalue weighted by Crippen LogP contribution is 2.32. The van der Waals surface area contributed by atoms with Crippen LogP contribution >= 0.6 is 23.2 Å². The van der Waals surface area contributed by atoms with Crippen molar-refractivity contribution in [3.8, 4) is 0 Å². The number of rotatable bonds is 4. The van der Waals surface area contributed by atoms with E-state index in [2.05, 4.69) is 5.32 Å². The van der Waals surface area contributed by atoms with Crippen LogP contribution in [0, 0.1) is 11.8 Å². The molecule has 1 aliphatic rings. The topological polar surface area (TPSA) is 38.3 Å². The van der Waals surface area contributed by atoms with E-state index in [0.717, 1.165) is 0 Å². The first kappa shape index (κ1) is 15.1. The van der Waals surface area contributed by atoms with Crippen molar-refractivity contribution in [1.82, 2.24) is 5.32 Å². The molecule has 0 aromatic rings. The molecule has 4 unspecified atom stereocenters. The van der Waals surface area contributed by atoms with Crippen molar-refractivity contribution in [3.05, 3.63) is 0 Å². The van der Waals surface area contributed by atoms with Crippen molar-refractivity contribution in [2.24, 2.45) is 11.8 Å². The summed E-state index contributed by atoms with van der Waals surface area (Å²) >= 11 is 11.7. The molecule has 1 heterocycles. The molecule has 17 heavy (non-hydrogen) atoms. The summed E-state index contributed by atoms with van der Waals surface area (Å²) in [5.74, 6) is 0.663. The maximum absolute atomic E-state index is 12.2. The Morgan fingerprint density at radius 3 is 2.12 bits per heavy atom. The molecule has 0 spiro atoms. The van der Waals surface area contributed by atoms with Gasteiger partial charge in [-0.3, -0.25) is 4.79 Å². The number of amides is 1. The second-order valence-electron chi connectivity index (χ2n) is 5.25. The first-order chi connectivity index (χ1) is 7.84. The highest BCUT2D eigenvalue weighted by atomic mass is 35.5. The lowest BCUT2D eigenvalue weighted by Gasteiger charge is -2.29. The third-order valence-corrected chi connectivity index (χ3v) is 4.74. The molecule has 1 N–H and O–H groups in total. The average Bonchev–Trinajstić information content (AvgIpc) is 2.53. The predicted octanol–water partition coefficient (Wildman–Crippen LogP) is 2.40. The van der Waals surface area contributed by atoms with Gasteiger partial charge in [0.25, 0.3) is 0 Å². The van der Waals surface area contributed by atoms with Crippen LogP contribution in [0.5, 0.6) is 0 Å². The third kappa shape index (κ3) is 3.27. The fraction of sp³-hybridized carbons (Fsp3) is 0.917. The van der Waals surface area contributed by atoms with E-state index in [1.165, 1.54) is 0 Å². The van der Waals surface area contributed by atoms with Gasteiger partial charge in [0.1, 0.15) is 0 Å². The largest absolute Gasteiger partial charge is 0.374 e. The van der Waals surface area contributed by atoms with Crippen molar-refractivity contribution < 1.29 is 9.53 Å². The summed E-state index contributed by atoms with van der Waals surface area (Å²) in [6.45, 7) is 7.82. The third-order valence-electron chi connectivity index (χ3n) is 3.56. The second kappa shape index (κ2) is 5.77. The molecule has 0 saturated carbocycles. The summed E-state index contributed by atoms with van der Waals surface area (Å²) < 4.78 is 5.66. The normalized spacial score (nSPS) is 33.8. The van der Waals surface area contributed by atoms with E-state index in [9.17, 15) is 4.79 Å². The molecule has 0 radical (unpaired) electrons. The zero-order valence-electron chi connectivity index (χ0n) is 10.8. The summed E-state index contributed by atoms with van der Waals surface area (Å²) in [6, 6.07) is 0. The first-order valence-electron chi connectivity index (χ1n) is 5.94. The van der Waals surface area contributed by atoms with Gasteiger partial charge in [-0.15, -0.1) is 23.2 Å². The van der Waals surface area contributed by atoms with Crippen LogP contribution in [0.3, 0.4) is 0 Å². The molecule has 0 aromatic carbocycles. The molecule has 1 saturated heterocycles. The second-order valence-corrected chi connectivity index (χ2v) is 5.78. The molecule has 0 aliphatic carbocycles. The monoisotopic (exact) mass is 281 g/mol. The maximum Gasteiger partial charge on any atom is 0.226 e. The lowest BCUT2D eigenvalue weighted by Crippen LogP contribution is -2.52. The van der Waals surface area contributed by atoms with Gasteiger partial charge < -0.3 is 10.1 Å². The van der Waals surface area contributed by atoms with E-state index in [1.807, 2.05) is 27.7 Å². The van der Waals surface area contributed by atoms with E-state index in [0.29, 0.717) is 11.8 Å². The quantitative estimate of drug-likeness (QED) is 0.804. The number of hydrogen-bond donors (Lipinski definition) is 1. The Kier molecular flexibility index (Phi) is 5.11. The Labute approximate surface area is 113 Å². The van der Waals surface area contributed by atoms with Crippen LogP contribution < -0.4 is 5.32 Å². The lowest BCUT2D eigenvalue weighted by molar-refractivity contribution is -0.128. The van der Waals surface area contributed by atoms with Crippen molar-refractivity contribution in [3.63, 3.8) is 0 Å². The number of alkyl halides is 2. The Balaban J connectivity index is 2.71. The van der Waals surface area contributed by atoms with Crippen LogP contribution in [-0.2, 0) is 9.53 Å². The van der Waals surface area contributed by atoms with E-state index in [1.54, 1.807) is 0 Å². The molecule has 5 heteroatoms. The number of halogens is 2. The summed E-state index contributed by atoms with van der Waals surface area (Å²) in [6.07, 6.45) is 0.0499. The summed E-state index contributed by atoms with van der Waals surface area (Å²) in [5, 5.41) is 2.93. The number of carbonyl (C=O) groups is 1. The minimum atomic E-state index is -0.550. The van der Waals surface area contributed by atoms with Crippen LogP contribution in [0.4, 0.5) is 0 Å². The minimum Gasteiger partial charge on any atom is -0.374 e. The van der Waals surface area contributed by atoms with Gasteiger partial charge in [0.05, 0.1) is 23.7 Å². The molecule has 3 nitrogen and oxygen atoms in total. The molecule has 0 aromatic heterocycles. The van der Waals surface area contributed by atoms with Crippen LogP contribution in [-0.4, -0.2) is 35.4 Å². The van der Waals surface area contributed by atoms with E-state index in [-0.39, 0.29) is 30.0 Å². The van der Waals surface area contributed by atoms with Gasteiger partial charge in [0, 0.05) is 11.8 Å². The number of hydrogen-bond acceptors (Lipinski definition) is 2. The highest BCUT2D eigenvalue weighted by molar-refractivity contribution is 6.22. The molecule has 1 rings (SSSR count). The molecule has 0 bridgehead atoms. The minimum absolute atomic E-state index is 0.0156. The molecular weight excluding hydrogens is 261 g/mol. The van der Waals surface area contributed by atoms with Crippen molar-refractivity contribution in [1.29, 1.82) is 0 Å². The van der Waals surface area contributed by atoms with Gasteiger partial charge in [-0.05, 0) is 26.7 Å². The molecule has 100 valence electrons. The first-order valence-corrected chi connectivity index (χ1v) is 7.01. The van der Waals surface area contributed by atoms with E-state index < -0.39 is 5.54 Å². The van der Waals surface area contributed by atoms with Crippen molar-refractivity contribution in [2.45, 2.75) is 45.4 Å². The van der Waals surface area contributed by atoms with Crippen LogP contribution in [0.2, 0.25) is 0 Å². The maximum atomic E-state index is 12.2. The van der Waals surface area contributed by atoms with Crippen LogP contribution in [0.15, 0.2) is 0 Å². The van der Waals surface area contributed by atoms with Gasteiger partial charge in [-0.25, -0.2) is 0 Å². The lowest BCUT2D eigenvalue weighted by atomic mass is 9.88. The van der Waals surface area contributed by atoms with Crippen molar-refractivity contribution in [2.75, 3.05) is 11.8 Å². The SMILES string of the molecule is CC1OC(C)C(C(=O)NC(C)(CCl)CCl)C1C. The van der Waals surface area contributed by atoms with Crippen molar-refractivity contribution >= 4 is 29.1 Å². The molecular formula is C12H21Cl2NO2. The Hall–Kier alpha value is 0.01000. The fourth-order valence-electron chi connectivity index (χ4n) is 2.20.